The minimum absolute atomic E-state index is 0.141. The number of carboxylic acid groups (broad SMARTS) is 2. The first-order valence-corrected chi connectivity index (χ1v) is 10.5. The number of aliphatic carboxylic acids is 2. The summed E-state index contributed by atoms with van der Waals surface area (Å²) in [6, 6.07) is 9.23. The highest BCUT2D eigenvalue weighted by atomic mass is 16.6. The van der Waals surface area contributed by atoms with Crippen LogP contribution in [0.5, 0.6) is 0 Å². The lowest BCUT2D eigenvalue weighted by Gasteiger charge is -2.33. The van der Waals surface area contributed by atoms with E-state index in [0.717, 1.165) is 25.9 Å². The van der Waals surface area contributed by atoms with Gasteiger partial charge in [0.15, 0.2) is 5.60 Å². The van der Waals surface area contributed by atoms with Crippen molar-refractivity contribution in [2.75, 3.05) is 19.7 Å². The fourth-order valence-corrected chi connectivity index (χ4v) is 4.31. The van der Waals surface area contributed by atoms with Crippen molar-refractivity contribution in [3.63, 3.8) is 0 Å². The van der Waals surface area contributed by atoms with Gasteiger partial charge in [-0.25, -0.2) is 14.4 Å². The SMILES string of the molecule is CCC(CC)C(O)(C(=O)OCC1[C@H]2CNC[C@@H]12)c1ccccc1.O=C(O)/C=C\C(=O)O. The van der Waals surface area contributed by atoms with Gasteiger partial charge < -0.3 is 25.4 Å². The fraction of sp³-hybridized carbons (Fsp3) is 0.522. The van der Waals surface area contributed by atoms with Crippen LogP contribution in [0.4, 0.5) is 0 Å². The maximum Gasteiger partial charge on any atom is 0.343 e. The first-order valence-electron chi connectivity index (χ1n) is 10.5. The second-order valence-corrected chi connectivity index (χ2v) is 7.90. The smallest absolute Gasteiger partial charge is 0.343 e. The number of aliphatic hydroxyl groups is 1. The number of carbonyl (C=O) groups is 3. The van der Waals surface area contributed by atoms with Crippen molar-refractivity contribution in [2.24, 2.45) is 23.7 Å². The average Bonchev–Trinajstić information content (AvgIpc) is 3.18. The lowest BCUT2D eigenvalue weighted by molar-refractivity contribution is -0.175. The number of ether oxygens (including phenoxy) is 1. The molecular formula is C23H31NO7. The Morgan fingerprint density at radius 1 is 1.06 bits per heavy atom. The van der Waals surface area contributed by atoms with Gasteiger partial charge >= 0.3 is 17.9 Å². The van der Waals surface area contributed by atoms with Crippen LogP contribution in [-0.4, -0.2) is 52.9 Å². The van der Waals surface area contributed by atoms with E-state index in [1.165, 1.54) is 0 Å². The van der Waals surface area contributed by atoms with Gasteiger partial charge in [-0.2, -0.15) is 0 Å². The Morgan fingerprint density at radius 3 is 2.03 bits per heavy atom. The predicted octanol–water partition coefficient (Wildman–Crippen LogP) is 2.03. The zero-order valence-corrected chi connectivity index (χ0v) is 17.9. The molecule has 1 saturated carbocycles. The Balaban J connectivity index is 0.000000366. The summed E-state index contributed by atoms with van der Waals surface area (Å²) in [5.74, 6) is -1.36. The van der Waals surface area contributed by atoms with Crippen LogP contribution in [0.3, 0.4) is 0 Å². The highest BCUT2D eigenvalue weighted by Gasteiger charge is 2.54. The first kappa shape index (κ1) is 24.6. The van der Waals surface area contributed by atoms with Gasteiger partial charge in [0.1, 0.15) is 0 Å². The summed E-state index contributed by atoms with van der Waals surface area (Å²) in [4.78, 5) is 31.9. The minimum Gasteiger partial charge on any atom is -0.478 e. The van der Waals surface area contributed by atoms with E-state index >= 15 is 0 Å². The summed E-state index contributed by atoms with van der Waals surface area (Å²) in [7, 11) is 0. The first-order chi connectivity index (χ1) is 14.7. The van der Waals surface area contributed by atoms with Crippen LogP contribution in [-0.2, 0) is 24.7 Å². The molecule has 1 aromatic carbocycles. The third-order valence-electron chi connectivity index (χ3n) is 6.15. The minimum atomic E-state index is -1.55. The molecule has 0 bridgehead atoms. The Hall–Kier alpha value is -2.71. The van der Waals surface area contributed by atoms with Crippen LogP contribution < -0.4 is 5.32 Å². The van der Waals surface area contributed by atoms with Gasteiger partial charge in [0.25, 0.3) is 0 Å². The molecule has 3 rings (SSSR count). The molecule has 0 aromatic heterocycles. The van der Waals surface area contributed by atoms with E-state index in [0.29, 0.717) is 42.1 Å². The maximum absolute atomic E-state index is 12.8. The van der Waals surface area contributed by atoms with Crippen LogP contribution in [0.15, 0.2) is 42.5 Å². The zero-order chi connectivity index (χ0) is 23.0. The van der Waals surface area contributed by atoms with Crippen LogP contribution in [0, 0.1) is 23.7 Å². The van der Waals surface area contributed by atoms with Crippen LogP contribution >= 0.6 is 0 Å². The molecule has 1 heterocycles. The van der Waals surface area contributed by atoms with Gasteiger partial charge in [0.05, 0.1) is 6.61 Å². The van der Waals surface area contributed by atoms with Crippen molar-refractivity contribution in [1.82, 2.24) is 5.32 Å². The van der Waals surface area contributed by atoms with Crippen molar-refractivity contribution in [2.45, 2.75) is 32.3 Å². The van der Waals surface area contributed by atoms with Gasteiger partial charge in [-0.3, -0.25) is 0 Å². The van der Waals surface area contributed by atoms with Crippen molar-refractivity contribution in [1.29, 1.82) is 0 Å². The van der Waals surface area contributed by atoms with E-state index in [4.69, 9.17) is 14.9 Å². The summed E-state index contributed by atoms with van der Waals surface area (Å²) in [5, 5.41) is 30.2. The fourth-order valence-electron chi connectivity index (χ4n) is 4.31. The molecule has 1 aliphatic carbocycles. The van der Waals surface area contributed by atoms with E-state index in [1.54, 1.807) is 0 Å². The van der Waals surface area contributed by atoms with Gasteiger partial charge in [-0.1, -0.05) is 44.2 Å². The molecule has 2 aliphatic rings. The Labute approximate surface area is 181 Å². The average molecular weight is 434 g/mol. The third kappa shape index (κ3) is 6.15. The largest absolute Gasteiger partial charge is 0.478 e. The van der Waals surface area contributed by atoms with Crippen molar-refractivity contribution >= 4 is 17.9 Å². The summed E-state index contributed by atoms with van der Waals surface area (Å²) in [5.41, 5.74) is -0.913. The molecule has 1 aliphatic heterocycles. The quantitative estimate of drug-likeness (QED) is 0.343. The summed E-state index contributed by atoms with van der Waals surface area (Å²) in [6.07, 6.45) is 2.58. The van der Waals surface area contributed by atoms with Crippen molar-refractivity contribution in [3.8, 4) is 0 Å². The van der Waals surface area contributed by atoms with Gasteiger partial charge in [-0.15, -0.1) is 0 Å². The molecule has 31 heavy (non-hydrogen) atoms. The molecule has 0 radical (unpaired) electrons. The number of fused-ring (bicyclic) bond motifs is 1. The van der Waals surface area contributed by atoms with Crippen LogP contribution in [0.1, 0.15) is 32.3 Å². The van der Waals surface area contributed by atoms with Gasteiger partial charge in [0.2, 0.25) is 0 Å². The standard InChI is InChI=1S/C19H27NO3.C4H4O4/c1-3-13(4-2)19(22,14-8-6-5-7-9-14)18(21)23-12-17-15-10-20-11-16(15)17;5-3(6)1-2-4(7)8/h5-9,13,15-17,20,22H,3-4,10-12H2,1-2H3;1-2H,(H,5,6)(H,7,8)/b;2-1-/t15-,16+,17?,19?;. The van der Waals surface area contributed by atoms with Crippen LogP contribution in [0.25, 0.3) is 0 Å². The zero-order valence-electron chi connectivity index (χ0n) is 17.9. The summed E-state index contributed by atoms with van der Waals surface area (Å²) >= 11 is 0. The molecule has 4 atom stereocenters. The molecule has 8 nitrogen and oxygen atoms in total. The molecule has 2 unspecified atom stereocenters. The number of piperidine rings is 1. The third-order valence-corrected chi connectivity index (χ3v) is 6.15. The number of hydrogen-bond donors (Lipinski definition) is 4. The molecule has 1 saturated heterocycles. The maximum atomic E-state index is 12.8. The Kier molecular flexibility index (Phi) is 8.76. The number of hydrogen-bond acceptors (Lipinski definition) is 6. The molecule has 0 amide bonds. The number of carbonyl (C=O) groups excluding carboxylic acids is 1. The molecular weight excluding hydrogens is 402 g/mol. The van der Waals surface area contributed by atoms with Crippen molar-refractivity contribution in [3.05, 3.63) is 48.0 Å². The Morgan fingerprint density at radius 2 is 1.58 bits per heavy atom. The molecule has 8 heteroatoms. The van der Waals surface area contributed by atoms with E-state index in [9.17, 15) is 19.5 Å². The summed E-state index contributed by atoms with van der Waals surface area (Å²) < 4.78 is 5.59. The molecule has 170 valence electrons. The number of rotatable bonds is 9. The summed E-state index contributed by atoms with van der Waals surface area (Å²) in [6.45, 7) is 6.51. The normalized spacial score (nSPS) is 23.4. The Bertz CT molecular complexity index is 764. The monoisotopic (exact) mass is 433 g/mol. The number of benzene rings is 1. The molecule has 0 spiro atoms. The molecule has 4 N–H and O–H groups in total. The predicted molar refractivity (Wildman–Crippen MR) is 113 cm³/mol. The number of esters is 1. The van der Waals surface area contributed by atoms with Gasteiger partial charge in [0, 0.05) is 24.0 Å². The highest BCUT2D eigenvalue weighted by Crippen LogP contribution is 2.49. The van der Waals surface area contributed by atoms with Crippen molar-refractivity contribution < 1.29 is 34.4 Å². The van der Waals surface area contributed by atoms with E-state index in [1.807, 2.05) is 44.2 Å². The van der Waals surface area contributed by atoms with E-state index in [-0.39, 0.29) is 5.92 Å². The molecule has 1 aromatic rings. The second kappa shape index (κ2) is 11.1. The lowest BCUT2D eigenvalue weighted by atomic mass is 9.78. The highest BCUT2D eigenvalue weighted by molar-refractivity contribution is 5.89. The van der Waals surface area contributed by atoms with E-state index in [2.05, 4.69) is 5.32 Å². The molecule has 2 fully saturated rings. The van der Waals surface area contributed by atoms with E-state index < -0.39 is 23.5 Å². The number of carboxylic acids is 2. The second-order valence-electron chi connectivity index (χ2n) is 7.90. The topological polar surface area (TPSA) is 133 Å². The van der Waals surface area contributed by atoms with Crippen LogP contribution in [0.2, 0.25) is 0 Å². The number of nitrogens with one attached hydrogen (secondary N) is 1. The van der Waals surface area contributed by atoms with Gasteiger partial charge in [-0.05, 0) is 43.3 Å². The lowest BCUT2D eigenvalue weighted by Crippen LogP contribution is -2.44.